The van der Waals surface area contributed by atoms with Gasteiger partial charge >= 0.3 is 5.88 Å². The molecular weight excluding hydrogens is 304 g/mol. The number of rotatable bonds is 4. The van der Waals surface area contributed by atoms with Gasteiger partial charge in [0.1, 0.15) is 4.92 Å². The van der Waals surface area contributed by atoms with Gasteiger partial charge in [0.15, 0.2) is 0 Å². The van der Waals surface area contributed by atoms with Crippen LogP contribution in [0.2, 0.25) is 0 Å². The van der Waals surface area contributed by atoms with Gasteiger partial charge in [-0.05, 0) is 6.08 Å². The highest BCUT2D eigenvalue weighted by molar-refractivity contribution is 5.84. The van der Waals surface area contributed by atoms with Gasteiger partial charge in [-0.15, -0.1) is 0 Å². The summed E-state index contributed by atoms with van der Waals surface area (Å²) < 4.78 is 10.3. The first-order valence-corrected chi connectivity index (χ1v) is 7.02. The second-order valence-corrected chi connectivity index (χ2v) is 4.80. The molecule has 3 heterocycles. The van der Waals surface area contributed by atoms with Crippen molar-refractivity contribution < 1.29 is 14.1 Å². The first-order valence-electron chi connectivity index (χ1n) is 7.02. The van der Waals surface area contributed by atoms with Crippen LogP contribution in [0.4, 0.5) is 11.8 Å². The fourth-order valence-electron chi connectivity index (χ4n) is 2.06. The summed E-state index contributed by atoms with van der Waals surface area (Å²) in [5.41, 5.74) is 6.37. The third-order valence-electron chi connectivity index (χ3n) is 3.16. The van der Waals surface area contributed by atoms with E-state index in [9.17, 15) is 10.1 Å². The minimum absolute atomic E-state index is 0.217. The summed E-state index contributed by atoms with van der Waals surface area (Å²) in [6, 6.07) is 2.72. The van der Waals surface area contributed by atoms with Crippen LogP contribution >= 0.6 is 0 Å². The van der Waals surface area contributed by atoms with Crippen molar-refractivity contribution in [1.82, 2.24) is 15.6 Å². The number of morpholine rings is 1. The zero-order chi connectivity index (χ0) is 16.1. The largest absolute Gasteiger partial charge is 0.434 e. The molecule has 23 heavy (non-hydrogen) atoms. The first kappa shape index (κ1) is 14.9. The summed E-state index contributed by atoms with van der Waals surface area (Å²) in [7, 11) is 0. The van der Waals surface area contributed by atoms with E-state index >= 15 is 0 Å². The molecule has 10 nitrogen and oxygen atoms in total. The Kier molecular flexibility index (Phi) is 4.43. The van der Waals surface area contributed by atoms with Gasteiger partial charge < -0.3 is 19.4 Å². The number of hydrazine groups is 1. The summed E-state index contributed by atoms with van der Waals surface area (Å²) in [4.78, 5) is 16.2. The van der Waals surface area contributed by atoms with Crippen molar-refractivity contribution in [2.24, 2.45) is 4.99 Å². The number of nitrogens with zero attached hydrogens (tertiary/aromatic N) is 3. The molecule has 1 fully saturated rings. The molecule has 1 saturated heterocycles. The van der Waals surface area contributed by atoms with Crippen LogP contribution in [0.1, 0.15) is 0 Å². The maximum absolute atomic E-state index is 10.5. The lowest BCUT2D eigenvalue weighted by atomic mass is 10.3. The summed E-state index contributed by atoms with van der Waals surface area (Å²) >= 11 is 0. The predicted molar refractivity (Wildman–Crippen MR) is 82.3 cm³/mol. The normalized spacial score (nSPS) is 19.2. The van der Waals surface area contributed by atoms with Crippen LogP contribution in [0.5, 0.6) is 0 Å². The van der Waals surface area contributed by atoms with Crippen molar-refractivity contribution in [3.05, 3.63) is 46.4 Å². The van der Waals surface area contributed by atoms with E-state index in [1.54, 1.807) is 6.20 Å². The molecule has 1 aromatic heterocycles. The second-order valence-electron chi connectivity index (χ2n) is 4.80. The monoisotopic (exact) mass is 320 g/mol. The lowest BCUT2D eigenvalue weighted by Gasteiger charge is -2.26. The molecule has 0 saturated carbocycles. The van der Waals surface area contributed by atoms with E-state index < -0.39 is 4.92 Å². The Morgan fingerprint density at radius 1 is 1.35 bits per heavy atom. The van der Waals surface area contributed by atoms with Crippen molar-refractivity contribution >= 4 is 17.7 Å². The zero-order valence-corrected chi connectivity index (χ0v) is 12.2. The number of ether oxygens (including phenoxy) is 1. The number of guanidine groups is 1. The van der Waals surface area contributed by atoms with Crippen molar-refractivity contribution in [1.29, 1.82) is 0 Å². The Morgan fingerprint density at radius 3 is 2.91 bits per heavy atom. The van der Waals surface area contributed by atoms with Gasteiger partial charge in [0.05, 0.1) is 25.0 Å². The lowest BCUT2D eigenvalue weighted by Crippen LogP contribution is -2.41. The van der Waals surface area contributed by atoms with Gasteiger partial charge in [0.25, 0.3) is 0 Å². The van der Waals surface area contributed by atoms with E-state index in [4.69, 9.17) is 9.15 Å². The quantitative estimate of drug-likeness (QED) is 0.549. The van der Waals surface area contributed by atoms with Gasteiger partial charge in [0, 0.05) is 31.6 Å². The van der Waals surface area contributed by atoms with Gasteiger partial charge in [-0.3, -0.25) is 21.0 Å². The number of anilines is 1. The summed E-state index contributed by atoms with van der Waals surface area (Å²) in [5, 5.41) is 13.6. The average molecular weight is 320 g/mol. The summed E-state index contributed by atoms with van der Waals surface area (Å²) in [6.45, 7) is 3.11. The third kappa shape index (κ3) is 4.01. The molecule has 0 amide bonds. The Bertz CT molecular complexity index is 659. The van der Waals surface area contributed by atoms with E-state index in [2.05, 4.69) is 26.1 Å². The van der Waals surface area contributed by atoms with Crippen LogP contribution in [-0.4, -0.2) is 42.1 Å². The molecule has 3 N–H and O–H groups in total. The second kappa shape index (κ2) is 6.83. The highest BCUT2D eigenvalue weighted by Gasteiger charge is 2.13. The van der Waals surface area contributed by atoms with Gasteiger partial charge in [0.2, 0.25) is 11.8 Å². The van der Waals surface area contributed by atoms with Crippen molar-refractivity contribution in [3.8, 4) is 0 Å². The molecule has 0 aromatic carbocycles. The predicted octanol–water partition coefficient (Wildman–Crippen LogP) is 0.751. The maximum Gasteiger partial charge on any atom is 0.434 e. The van der Waals surface area contributed by atoms with Crippen molar-refractivity contribution in [2.75, 3.05) is 31.7 Å². The van der Waals surface area contributed by atoms with Crippen molar-refractivity contribution in [3.63, 3.8) is 0 Å². The van der Waals surface area contributed by atoms with Gasteiger partial charge in [-0.2, -0.15) is 0 Å². The maximum atomic E-state index is 10.5. The Labute approximate surface area is 131 Å². The van der Waals surface area contributed by atoms with Crippen LogP contribution in [0.3, 0.4) is 0 Å². The molecule has 2 aliphatic heterocycles. The van der Waals surface area contributed by atoms with Crippen LogP contribution < -0.4 is 16.2 Å². The van der Waals surface area contributed by atoms with E-state index in [-0.39, 0.29) is 11.8 Å². The number of hydrogen-bond acceptors (Lipinski definition) is 9. The van der Waals surface area contributed by atoms with Crippen molar-refractivity contribution in [2.45, 2.75) is 0 Å². The summed E-state index contributed by atoms with van der Waals surface area (Å²) in [5.74, 6) is 0.334. The molecule has 0 aliphatic carbocycles. The molecule has 0 atom stereocenters. The number of aliphatic imine (C=N–C) groups is 1. The molecule has 1 aromatic rings. The van der Waals surface area contributed by atoms with E-state index in [1.807, 2.05) is 12.3 Å². The Hall–Kier alpha value is -3.01. The molecule has 3 rings (SSSR count). The number of nitrogens with one attached hydrogen (secondary N) is 3. The van der Waals surface area contributed by atoms with Crippen LogP contribution in [-0.2, 0) is 4.74 Å². The highest BCUT2D eigenvalue weighted by Crippen LogP contribution is 2.18. The first-order chi connectivity index (χ1) is 11.2. The fraction of sp³-hybridized carbons (Fsp3) is 0.308. The number of allylic oxidation sites excluding steroid dienone is 1. The SMILES string of the molecule is O=[N+]([O-])c1ccc(NNC2=NC=CC(=CN3CCOCC3)N2)o1. The molecule has 2 aliphatic rings. The van der Waals surface area contributed by atoms with E-state index in [0.29, 0.717) is 19.2 Å². The van der Waals surface area contributed by atoms with Gasteiger partial charge in [-0.25, -0.2) is 4.99 Å². The minimum Gasteiger partial charge on any atom is -0.383 e. The fourth-order valence-corrected chi connectivity index (χ4v) is 2.06. The smallest absolute Gasteiger partial charge is 0.383 e. The minimum atomic E-state index is -0.604. The van der Waals surface area contributed by atoms with Crippen LogP contribution in [0.15, 0.2) is 45.7 Å². The molecule has 0 bridgehead atoms. The zero-order valence-electron chi connectivity index (χ0n) is 12.2. The summed E-state index contributed by atoms with van der Waals surface area (Å²) in [6.07, 6.45) is 5.49. The molecule has 0 unspecified atom stereocenters. The topological polar surface area (TPSA) is 117 Å². The average Bonchev–Trinajstić information content (AvgIpc) is 3.04. The Morgan fingerprint density at radius 2 is 2.17 bits per heavy atom. The molecule has 122 valence electrons. The number of nitro groups is 1. The van der Waals surface area contributed by atoms with Crippen LogP contribution in [0, 0.1) is 10.1 Å². The Balaban J connectivity index is 1.54. The highest BCUT2D eigenvalue weighted by atomic mass is 16.6. The standard InChI is InChI=1S/C13H16N6O4/c20-19(21)12-2-1-11(23-12)16-17-13-14-4-3-10(15-13)9-18-5-7-22-8-6-18/h1-4,9,16H,5-8H2,(H2,14,15,17). The number of furan rings is 1. The van der Waals surface area contributed by atoms with Crippen LogP contribution in [0.25, 0.3) is 0 Å². The third-order valence-corrected chi connectivity index (χ3v) is 3.16. The van der Waals surface area contributed by atoms with Gasteiger partial charge in [-0.1, -0.05) is 0 Å². The van der Waals surface area contributed by atoms with E-state index in [0.717, 1.165) is 18.8 Å². The lowest BCUT2D eigenvalue weighted by molar-refractivity contribution is -0.401. The molecular formula is C13H16N6O4. The number of hydrogen-bond donors (Lipinski definition) is 3. The molecule has 0 radical (unpaired) electrons. The molecule has 10 heteroatoms. The van der Waals surface area contributed by atoms with E-state index in [1.165, 1.54) is 12.1 Å². The molecule has 0 spiro atoms.